The number of anilines is 1. The zero-order valence-corrected chi connectivity index (χ0v) is 13.2. The molecule has 0 saturated carbocycles. The van der Waals surface area contributed by atoms with Gasteiger partial charge in [-0.05, 0) is 54.1 Å². The van der Waals surface area contributed by atoms with Crippen molar-refractivity contribution in [3.8, 4) is 5.75 Å². The van der Waals surface area contributed by atoms with Gasteiger partial charge in [0, 0.05) is 23.0 Å². The van der Waals surface area contributed by atoms with Crippen molar-refractivity contribution in [2.45, 2.75) is 6.54 Å². The maximum atomic E-state index is 13.5. The standard InChI is InChI=1S/C20H16FNO2/c1-23-16-6-2-13(3-7-16)12-22-15-5-9-20-18(11-15)17-10-14(21)4-8-19(17)24-20/h2-11,22H,12H2,1H3. The fraction of sp³-hybridized carbons (Fsp3) is 0.100. The number of ether oxygens (including phenoxy) is 1. The first-order valence-electron chi connectivity index (χ1n) is 7.71. The van der Waals surface area contributed by atoms with Crippen LogP contribution in [0.3, 0.4) is 0 Å². The van der Waals surface area contributed by atoms with Gasteiger partial charge in [-0.1, -0.05) is 12.1 Å². The second kappa shape index (κ2) is 5.89. The molecule has 0 atom stereocenters. The Morgan fingerprint density at radius 1 is 0.917 bits per heavy atom. The monoisotopic (exact) mass is 321 g/mol. The van der Waals surface area contributed by atoms with Crippen LogP contribution in [-0.2, 0) is 6.54 Å². The Balaban J connectivity index is 1.61. The number of rotatable bonds is 4. The molecule has 4 rings (SSSR count). The van der Waals surface area contributed by atoms with Gasteiger partial charge in [0.25, 0.3) is 0 Å². The minimum Gasteiger partial charge on any atom is -0.497 e. The summed E-state index contributed by atoms with van der Waals surface area (Å²) < 4.78 is 24.4. The van der Waals surface area contributed by atoms with Gasteiger partial charge in [0.05, 0.1) is 7.11 Å². The summed E-state index contributed by atoms with van der Waals surface area (Å²) in [5.41, 5.74) is 3.56. The third-order valence-corrected chi connectivity index (χ3v) is 4.09. The molecule has 0 saturated heterocycles. The highest BCUT2D eigenvalue weighted by molar-refractivity contribution is 6.05. The SMILES string of the molecule is COc1ccc(CNc2ccc3oc4ccc(F)cc4c3c2)cc1. The van der Waals surface area contributed by atoms with Crippen molar-refractivity contribution in [3.63, 3.8) is 0 Å². The molecule has 120 valence electrons. The largest absolute Gasteiger partial charge is 0.497 e. The molecule has 0 spiro atoms. The van der Waals surface area contributed by atoms with Gasteiger partial charge in [0.2, 0.25) is 0 Å². The van der Waals surface area contributed by atoms with Crippen LogP contribution >= 0.6 is 0 Å². The average molecular weight is 321 g/mol. The zero-order valence-electron chi connectivity index (χ0n) is 13.2. The number of hydrogen-bond acceptors (Lipinski definition) is 3. The number of halogens is 1. The van der Waals surface area contributed by atoms with Crippen molar-refractivity contribution in [3.05, 3.63) is 72.0 Å². The first kappa shape index (κ1) is 14.6. The van der Waals surface area contributed by atoms with Crippen LogP contribution in [0, 0.1) is 5.82 Å². The third kappa shape index (κ3) is 2.67. The molecule has 0 aliphatic heterocycles. The molecule has 3 aromatic carbocycles. The van der Waals surface area contributed by atoms with Crippen molar-refractivity contribution in [2.75, 3.05) is 12.4 Å². The zero-order chi connectivity index (χ0) is 16.5. The predicted octanol–water partition coefficient (Wildman–Crippen LogP) is 5.35. The highest BCUT2D eigenvalue weighted by Crippen LogP contribution is 2.31. The van der Waals surface area contributed by atoms with Gasteiger partial charge in [-0.25, -0.2) is 4.39 Å². The lowest BCUT2D eigenvalue weighted by molar-refractivity contribution is 0.414. The van der Waals surface area contributed by atoms with Gasteiger partial charge in [0.1, 0.15) is 22.7 Å². The first-order valence-corrected chi connectivity index (χ1v) is 7.71. The minimum atomic E-state index is -0.262. The average Bonchev–Trinajstić information content (AvgIpc) is 2.97. The van der Waals surface area contributed by atoms with Crippen LogP contribution in [0.5, 0.6) is 5.75 Å². The molecule has 4 aromatic rings. The van der Waals surface area contributed by atoms with E-state index in [1.807, 2.05) is 42.5 Å². The van der Waals surface area contributed by atoms with Gasteiger partial charge in [-0.15, -0.1) is 0 Å². The molecule has 24 heavy (non-hydrogen) atoms. The summed E-state index contributed by atoms with van der Waals surface area (Å²) in [6, 6.07) is 18.4. The fourth-order valence-corrected chi connectivity index (χ4v) is 2.81. The van der Waals surface area contributed by atoms with Crippen LogP contribution in [-0.4, -0.2) is 7.11 Å². The predicted molar refractivity (Wildman–Crippen MR) is 94.0 cm³/mol. The Labute approximate surface area is 138 Å². The van der Waals surface area contributed by atoms with Gasteiger partial charge in [-0.2, -0.15) is 0 Å². The smallest absolute Gasteiger partial charge is 0.135 e. The lowest BCUT2D eigenvalue weighted by Crippen LogP contribution is -1.99. The maximum Gasteiger partial charge on any atom is 0.135 e. The van der Waals surface area contributed by atoms with Crippen LogP contribution in [0.25, 0.3) is 21.9 Å². The number of hydrogen-bond donors (Lipinski definition) is 1. The van der Waals surface area contributed by atoms with Gasteiger partial charge >= 0.3 is 0 Å². The van der Waals surface area contributed by atoms with E-state index in [1.165, 1.54) is 12.1 Å². The molecule has 0 fully saturated rings. The molecule has 1 N–H and O–H groups in total. The quantitative estimate of drug-likeness (QED) is 0.550. The van der Waals surface area contributed by atoms with Crippen molar-refractivity contribution in [1.82, 2.24) is 0 Å². The number of methoxy groups -OCH3 is 1. The van der Waals surface area contributed by atoms with Crippen LogP contribution in [0.4, 0.5) is 10.1 Å². The summed E-state index contributed by atoms with van der Waals surface area (Å²) in [7, 11) is 1.65. The normalized spacial score (nSPS) is 11.1. The van der Waals surface area contributed by atoms with Gasteiger partial charge in [0.15, 0.2) is 0 Å². The Morgan fingerprint density at radius 3 is 2.38 bits per heavy atom. The van der Waals surface area contributed by atoms with E-state index in [0.29, 0.717) is 12.1 Å². The van der Waals surface area contributed by atoms with Crippen LogP contribution in [0.15, 0.2) is 65.1 Å². The van der Waals surface area contributed by atoms with E-state index < -0.39 is 0 Å². The molecule has 0 unspecified atom stereocenters. The van der Waals surface area contributed by atoms with E-state index >= 15 is 0 Å². The Morgan fingerprint density at radius 2 is 1.62 bits per heavy atom. The summed E-state index contributed by atoms with van der Waals surface area (Å²) in [5.74, 6) is 0.578. The van der Waals surface area contributed by atoms with E-state index in [-0.39, 0.29) is 5.82 Å². The van der Waals surface area contributed by atoms with Crippen LogP contribution in [0.2, 0.25) is 0 Å². The molecule has 4 heteroatoms. The summed E-state index contributed by atoms with van der Waals surface area (Å²) in [6.07, 6.45) is 0. The Kier molecular flexibility index (Phi) is 3.58. The lowest BCUT2D eigenvalue weighted by Gasteiger charge is -2.07. The van der Waals surface area contributed by atoms with Crippen LogP contribution < -0.4 is 10.1 Å². The van der Waals surface area contributed by atoms with Crippen molar-refractivity contribution in [2.24, 2.45) is 0 Å². The molecule has 0 aliphatic rings. The number of furan rings is 1. The summed E-state index contributed by atoms with van der Waals surface area (Å²) in [5, 5.41) is 5.08. The highest BCUT2D eigenvalue weighted by Gasteiger charge is 2.08. The number of fused-ring (bicyclic) bond motifs is 3. The van der Waals surface area contributed by atoms with E-state index in [1.54, 1.807) is 13.2 Å². The lowest BCUT2D eigenvalue weighted by atomic mass is 10.1. The summed E-state index contributed by atoms with van der Waals surface area (Å²) in [6.45, 7) is 0.694. The van der Waals surface area contributed by atoms with E-state index in [4.69, 9.17) is 9.15 Å². The van der Waals surface area contributed by atoms with Crippen LogP contribution in [0.1, 0.15) is 5.56 Å². The fourth-order valence-electron chi connectivity index (χ4n) is 2.81. The van der Waals surface area contributed by atoms with Crippen molar-refractivity contribution < 1.29 is 13.5 Å². The molecular formula is C20H16FNO2. The number of nitrogens with one attached hydrogen (secondary N) is 1. The van der Waals surface area contributed by atoms with E-state index in [2.05, 4.69) is 5.32 Å². The Bertz CT molecular complexity index is 1010. The van der Waals surface area contributed by atoms with E-state index in [9.17, 15) is 4.39 Å². The molecule has 0 aliphatic carbocycles. The van der Waals surface area contributed by atoms with E-state index in [0.717, 1.165) is 33.4 Å². The number of benzene rings is 3. The molecule has 1 heterocycles. The topological polar surface area (TPSA) is 34.4 Å². The molecule has 1 aromatic heterocycles. The second-order valence-electron chi connectivity index (χ2n) is 5.66. The van der Waals surface area contributed by atoms with Crippen molar-refractivity contribution in [1.29, 1.82) is 0 Å². The van der Waals surface area contributed by atoms with Crippen molar-refractivity contribution >= 4 is 27.6 Å². The highest BCUT2D eigenvalue weighted by atomic mass is 19.1. The minimum absolute atomic E-state index is 0.262. The molecule has 0 bridgehead atoms. The molecular weight excluding hydrogens is 305 g/mol. The van der Waals surface area contributed by atoms with Gasteiger partial charge in [-0.3, -0.25) is 0 Å². The van der Waals surface area contributed by atoms with Gasteiger partial charge < -0.3 is 14.5 Å². The maximum absolute atomic E-state index is 13.5. The molecule has 0 radical (unpaired) electrons. The molecule has 3 nitrogen and oxygen atoms in total. The summed E-state index contributed by atoms with van der Waals surface area (Å²) in [4.78, 5) is 0. The Hall–Kier alpha value is -3.01. The molecule has 0 amide bonds. The third-order valence-electron chi connectivity index (χ3n) is 4.09. The summed E-state index contributed by atoms with van der Waals surface area (Å²) >= 11 is 0. The second-order valence-corrected chi connectivity index (χ2v) is 5.66. The first-order chi connectivity index (χ1) is 11.7.